The van der Waals surface area contributed by atoms with Crippen LogP contribution in [0.3, 0.4) is 0 Å². The van der Waals surface area contributed by atoms with E-state index in [1.165, 1.54) is 0 Å². The molecule has 2 aromatic heterocycles. The number of benzene rings is 1. The molecule has 0 fully saturated rings. The summed E-state index contributed by atoms with van der Waals surface area (Å²) in [5.41, 5.74) is 6.24. The number of aromatic nitrogens is 2. The number of carbonyl (C=O) groups excluding carboxylic acids is 1. The van der Waals surface area contributed by atoms with Gasteiger partial charge in [0.2, 0.25) is 0 Å². The number of hydrogen-bond acceptors (Lipinski definition) is 4. The fourth-order valence-electron chi connectivity index (χ4n) is 2.58. The first-order valence-electron chi connectivity index (χ1n) is 9.11. The fraction of sp³-hybridized carbons (Fsp3) is 0. The summed E-state index contributed by atoms with van der Waals surface area (Å²) in [4.78, 5) is 20.3. The Morgan fingerprint density at radius 1 is 0.767 bits per heavy atom. The van der Waals surface area contributed by atoms with E-state index < -0.39 is 5.97 Å². The smallest absolute Gasteiger partial charge is 0.351 e. The van der Waals surface area contributed by atoms with E-state index in [-0.39, 0.29) is 0 Å². The molecule has 140 valence electrons. The third kappa shape index (κ3) is 5.00. The van der Waals surface area contributed by atoms with Crippen LogP contribution in [0.5, 0.6) is 5.75 Å². The van der Waals surface area contributed by atoms with Gasteiger partial charge in [-0.3, -0.25) is 9.97 Å². The highest BCUT2D eigenvalue weighted by molar-refractivity contribution is 5.93. The first kappa shape index (κ1) is 18.7. The molecule has 4 nitrogen and oxygen atoms in total. The van der Waals surface area contributed by atoms with Gasteiger partial charge in [0.05, 0.1) is 0 Å². The number of pyridine rings is 2. The maximum Gasteiger partial charge on any atom is 0.351 e. The van der Waals surface area contributed by atoms with E-state index in [2.05, 4.69) is 39.4 Å². The van der Waals surface area contributed by atoms with Crippen molar-refractivity contribution in [2.24, 2.45) is 0 Å². The molecule has 0 bridgehead atoms. The number of carbonyl (C=O) groups is 1. The maximum atomic E-state index is 12.3. The molecule has 0 N–H and O–H groups in total. The molecule has 0 saturated carbocycles. The van der Waals surface area contributed by atoms with Crippen molar-refractivity contribution in [1.29, 1.82) is 0 Å². The van der Waals surface area contributed by atoms with Gasteiger partial charge < -0.3 is 4.74 Å². The Morgan fingerprint density at radius 3 is 1.80 bits per heavy atom. The van der Waals surface area contributed by atoms with E-state index in [4.69, 9.17) is 4.74 Å². The van der Waals surface area contributed by atoms with Crippen molar-refractivity contribution in [2.45, 2.75) is 0 Å². The summed E-state index contributed by atoms with van der Waals surface area (Å²) in [6.07, 6.45) is 11.8. The van der Waals surface area contributed by atoms with Crippen LogP contribution < -0.4 is 4.74 Å². The fourth-order valence-corrected chi connectivity index (χ4v) is 2.58. The average Bonchev–Trinajstić information content (AvgIpc) is 3.33. The first-order valence-corrected chi connectivity index (χ1v) is 9.11. The highest BCUT2D eigenvalue weighted by Gasteiger charge is 2.11. The van der Waals surface area contributed by atoms with Crippen LogP contribution in [0.2, 0.25) is 0 Å². The van der Waals surface area contributed by atoms with E-state index >= 15 is 0 Å². The molecule has 0 amide bonds. The van der Waals surface area contributed by atoms with E-state index in [0.29, 0.717) is 22.4 Å². The van der Waals surface area contributed by atoms with Crippen LogP contribution in [0.25, 0.3) is 0 Å². The average molecular weight is 386 g/mol. The van der Waals surface area contributed by atoms with Gasteiger partial charge in [-0.15, -0.1) is 5.73 Å². The Hall–Kier alpha value is -4.63. The summed E-state index contributed by atoms with van der Waals surface area (Å²) in [5, 5.41) is 0. The minimum absolute atomic E-state index is 0.368. The minimum atomic E-state index is -0.479. The van der Waals surface area contributed by atoms with E-state index in [9.17, 15) is 4.79 Å². The number of hydrogen-bond donors (Lipinski definition) is 0. The van der Waals surface area contributed by atoms with Crippen LogP contribution in [0, 0.1) is 23.7 Å². The summed E-state index contributed by atoms with van der Waals surface area (Å²) < 4.78 is 5.52. The molecular formula is C26H14N2O2. The molecule has 4 heteroatoms. The van der Waals surface area contributed by atoms with Gasteiger partial charge in [0.15, 0.2) is 0 Å². The molecule has 4 rings (SSSR count). The third-order valence-corrected chi connectivity index (χ3v) is 4.00. The molecule has 2 heterocycles. The molecule has 0 atom stereocenters. The number of rotatable bonds is 2. The number of allylic oxidation sites excluding steroid dienone is 1. The Labute approximate surface area is 174 Å². The molecule has 0 spiro atoms. The molecule has 0 radical (unpaired) electrons. The lowest BCUT2D eigenvalue weighted by atomic mass is 10.1. The van der Waals surface area contributed by atoms with Crippen molar-refractivity contribution in [3.63, 3.8) is 0 Å². The third-order valence-electron chi connectivity index (χ3n) is 4.00. The van der Waals surface area contributed by atoms with Crippen molar-refractivity contribution >= 4 is 5.97 Å². The second kappa shape index (κ2) is 9.04. The zero-order valence-electron chi connectivity index (χ0n) is 15.8. The van der Waals surface area contributed by atoms with Gasteiger partial charge in [-0.05, 0) is 54.6 Å². The molecule has 3 aromatic rings. The Morgan fingerprint density at radius 2 is 1.30 bits per heavy atom. The van der Waals surface area contributed by atoms with Crippen LogP contribution in [-0.2, 0) is 4.79 Å². The molecule has 0 unspecified atom stereocenters. The summed E-state index contributed by atoms with van der Waals surface area (Å²) in [6.45, 7) is 0. The van der Waals surface area contributed by atoms with Gasteiger partial charge in [0, 0.05) is 47.0 Å². The van der Waals surface area contributed by atoms with Crippen molar-refractivity contribution in [3.8, 4) is 29.4 Å². The van der Waals surface area contributed by atoms with Crippen LogP contribution >= 0.6 is 0 Å². The van der Waals surface area contributed by atoms with Crippen LogP contribution in [0.15, 0.2) is 96.8 Å². The highest BCUT2D eigenvalue weighted by Crippen LogP contribution is 2.19. The van der Waals surface area contributed by atoms with Gasteiger partial charge in [0.1, 0.15) is 11.3 Å². The Kier molecular flexibility index (Phi) is 5.64. The molecular weight excluding hydrogens is 372 g/mol. The van der Waals surface area contributed by atoms with Crippen molar-refractivity contribution in [3.05, 3.63) is 119 Å². The van der Waals surface area contributed by atoms with Crippen LogP contribution in [0.4, 0.5) is 0 Å². The second-order valence-electron chi connectivity index (χ2n) is 6.19. The van der Waals surface area contributed by atoms with E-state index in [1.807, 2.05) is 30.3 Å². The SMILES string of the molecule is O=C(Oc1cc(C#Cc2ccncc2)cc(C#Cc2ccncc2)c1)C1=C=CC=C1. The summed E-state index contributed by atoms with van der Waals surface area (Å²) in [7, 11) is 0. The largest absolute Gasteiger partial charge is 0.422 e. The van der Waals surface area contributed by atoms with Crippen molar-refractivity contribution < 1.29 is 9.53 Å². The summed E-state index contributed by atoms with van der Waals surface area (Å²) >= 11 is 0. The minimum Gasteiger partial charge on any atom is -0.422 e. The quantitative estimate of drug-likeness (QED) is 0.291. The normalized spacial score (nSPS) is 11.0. The van der Waals surface area contributed by atoms with Gasteiger partial charge in [-0.25, -0.2) is 4.79 Å². The van der Waals surface area contributed by atoms with Crippen molar-refractivity contribution in [1.82, 2.24) is 9.97 Å². The molecule has 1 aromatic carbocycles. The van der Waals surface area contributed by atoms with Crippen molar-refractivity contribution in [2.75, 3.05) is 0 Å². The number of ether oxygens (including phenoxy) is 1. The zero-order valence-corrected chi connectivity index (χ0v) is 15.8. The lowest BCUT2D eigenvalue weighted by molar-refractivity contribution is -0.129. The zero-order chi connectivity index (χ0) is 20.6. The molecule has 0 aliphatic heterocycles. The van der Waals surface area contributed by atoms with E-state index in [1.54, 1.807) is 55.1 Å². The Balaban J connectivity index is 1.67. The second-order valence-corrected chi connectivity index (χ2v) is 6.19. The summed E-state index contributed by atoms with van der Waals surface area (Å²) in [5.74, 6) is 12.2. The molecule has 0 saturated heterocycles. The van der Waals surface area contributed by atoms with Gasteiger partial charge in [-0.1, -0.05) is 29.8 Å². The molecule has 1 aliphatic rings. The lowest BCUT2D eigenvalue weighted by Crippen LogP contribution is -2.09. The predicted molar refractivity (Wildman–Crippen MR) is 113 cm³/mol. The lowest BCUT2D eigenvalue weighted by Gasteiger charge is -2.05. The number of esters is 1. The van der Waals surface area contributed by atoms with E-state index in [0.717, 1.165) is 11.1 Å². The summed E-state index contributed by atoms with van der Waals surface area (Å²) in [6, 6.07) is 12.6. The maximum absolute atomic E-state index is 12.3. The number of nitrogens with zero attached hydrogens (tertiary/aromatic N) is 2. The molecule has 1 aliphatic carbocycles. The van der Waals surface area contributed by atoms with Crippen LogP contribution in [-0.4, -0.2) is 15.9 Å². The standard InChI is InChI=1S/C26H14N2O2/c29-26(24-3-1-2-4-24)30-25-18-22(7-5-20-9-13-27-14-10-20)17-23(19-25)8-6-21-11-15-28-16-12-21/h1-3,9-19H. The topological polar surface area (TPSA) is 52.1 Å². The monoisotopic (exact) mass is 386 g/mol. The van der Waals surface area contributed by atoms with Gasteiger partial charge in [0.25, 0.3) is 0 Å². The van der Waals surface area contributed by atoms with Gasteiger partial charge >= 0.3 is 5.97 Å². The first-order chi connectivity index (χ1) is 14.8. The Bertz CT molecular complexity index is 1230. The van der Waals surface area contributed by atoms with Crippen LogP contribution in [0.1, 0.15) is 22.3 Å². The highest BCUT2D eigenvalue weighted by atomic mass is 16.5. The predicted octanol–water partition coefficient (Wildman–Crippen LogP) is 3.83. The van der Waals surface area contributed by atoms with Gasteiger partial charge in [-0.2, -0.15) is 0 Å². The molecule has 30 heavy (non-hydrogen) atoms.